The van der Waals surface area contributed by atoms with Crippen molar-refractivity contribution in [2.24, 2.45) is 7.05 Å². The van der Waals surface area contributed by atoms with E-state index in [1.807, 2.05) is 24.1 Å². The number of hydrogen-bond donors (Lipinski definition) is 0. The smallest absolute Gasteiger partial charge is 0.153 e. The quantitative estimate of drug-likeness (QED) is 0.828. The van der Waals surface area contributed by atoms with Crippen LogP contribution < -0.4 is 0 Å². The average molecular weight is 275 g/mol. The largest absolute Gasteiger partial charge is 0.298 e. The van der Waals surface area contributed by atoms with E-state index in [4.69, 9.17) is 0 Å². The van der Waals surface area contributed by atoms with E-state index in [9.17, 15) is 4.79 Å². The molecule has 0 unspecified atom stereocenters. The van der Waals surface area contributed by atoms with E-state index in [0.29, 0.717) is 12.2 Å². The van der Waals surface area contributed by atoms with Crippen LogP contribution in [0.3, 0.4) is 0 Å². The van der Waals surface area contributed by atoms with Crippen molar-refractivity contribution in [1.82, 2.24) is 14.7 Å². The summed E-state index contributed by atoms with van der Waals surface area (Å²) in [6, 6.07) is 0. The van der Waals surface area contributed by atoms with Crippen LogP contribution in [0.4, 0.5) is 0 Å². The molecule has 1 aliphatic carbocycles. The van der Waals surface area contributed by atoms with E-state index < -0.39 is 0 Å². The molecule has 2 aliphatic rings. The molecule has 2 heterocycles. The molecule has 1 aromatic heterocycles. The third-order valence-corrected chi connectivity index (χ3v) is 5.06. The number of aryl methyl sites for hydroxylation is 2. The van der Waals surface area contributed by atoms with Gasteiger partial charge < -0.3 is 0 Å². The number of nitrogens with zero attached hydrogens (tertiary/aromatic N) is 3. The molecule has 0 spiro atoms. The van der Waals surface area contributed by atoms with Crippen LogP contribution in [-0.2, 0) is 18.3 Å². The van der Waals surface area contributed by atoms with E-state index in [1.165, 1.54) is 31.2 Å². The van der Waals surface area contributed by atoms with Gasteiger partial charge in [-0.1, -0.05) is 12.8 Å². The van der Waals surface area contributed by atoms with Gasteiger partial charge in [0.1, 0.15) is 0 Å². The zero-order valence-electron chi connectivity index (χ0n) is 12.5. The van der Waals surface area contributed by atoms with Crippen LogP contribution in [0.2, 0.25) is 0 Å². The Labute approximate surface area is 121 Å². The van der Waals surface area contributed by atoms with Gasteiger partial charge in [0.15, 0.2) is 5.78 Å². The summed E-state index contributed by atoms with van der Waals surface area (Å²) in [5, 5.41) is 4.18. The van der Waals surface area contributed by atoms with E-state index >= 15 is 0 Å². The van der Waals surface area contributed by atoms with Crippen LogP contribution in [0, 0.1) is 0 Å². The summed E-state index contributed by atoms with van der Waals surface area (Å²) in [6.45, 7) is 2.25. The van der Waals surface area contributed by atoms with E-state index in [1.54, 1.807) is 0 Å². The van der Waals surface area contributed by atoms with Gasteiger partial charge >= 0.3 is 0 Å². The Balaban J connectivity index is 1.66. The minimum absolute atomic E-state index is 0.112. The molecule has 1 aromatic rings. The van der Waals surface area contributed by atoms with Crippen molar-refractivity contribution in [3.05, 3.63) is 18.0 Å². The highest BCUT2D eigenvalue weighted by atomic mass is 16.1. The van der Waals surface area contributed by atoms with Crippen molar-refractivity contribution in [2.75, 3.05) is 13.1 Å². The molecule has 4 nitrogen and oxygen atoms in total. The van der Waals surface area contributed by atoms with E-state index in [0.717, 1.165) is 32.4 Å². The Morgan fingerprint density at radius 3 is 2.55 bits per heavy atom. The van der Waals surface area contributed by atoms with Crippen LogP contribution in [0.25, 0.3) is 0 Å². The molecule has 0 atom stereocenters. The summed E-state index contributed by atoms with van der Waals surface area (Å²) in [5.41, 5.74) is 1.06. The number of aromatic nitrogens is 2. The SMILES string of the molecule is Cn1cc(CCC(=O)C2(N3CCCC3)CCCC2)cn1. The Morgan fingerprint density at radius 1 is 1.25 bits per heavy atom. The molecule has 1 saturated carbocycles. The number of likely N-dealkylation sites (tertiary alicyclic amines) is 1. The first-order chi connectivity index (χ1) is 9.71. The lowest BCUT2D eigenvalue weighted by Crippen LogP contribution is -2.51. The molecule has 1 aliphatic heterocycles. The third-order valence-electron chi connectivity index (χ3n) is 5.06. The highest BCUT2D eigenvalue weighted by Gasteiger charge is 2.45. The summed E-state index contributed by atoms with van der Waals surface area (Å²) in [5.74, 6) is 0.473. The van der Waals surface area contributed by atoms with Crippen molar-refractivity contribution in [1.29, 1.82) is 0 Å². The fourth-order valence-electron chi connectivity index (χ4n) is 3.97. The highest BCUT2D eigenvalue weighted by molar-refractivity contribution is 5.89. The molecular formula is C16H25N3O. The predicted octanol–water partition coefficient (Wildman–Crippen LogP) is 2.33. The number of Topliss-reactive ketones (excluding diaryl/α,β-unsaturated/α-hetero) is 1. The summed E-state index contributed by atoms with van der Waals surface area (Å²) >= 11 is 0. The molecule has 4 heteroatoms. The van der Waals surface area contributed by atoms with E-state index in [2.05, 4.69) is 10.00 Å². The minimum Gasteiger partial charge on any atom is -0.298 e. The van der Waals surface area contributed by atoms with Crippen LogP contribution in [0.15, 0.2) is 12.4 Å². The highest BCUT2D eigenvalue weighted by Crippen LogP contribution is 2.39. The lowest BCUT2D eigenvalue weighted by Gasteiger charge is -2.37. The van der Waals surface area contributed by atoms with Gasteiger partial charge in [-0.25, -0.2) is 0 Å². The first kappa shape index (κ1) is 13.8. The van der Waals surface area contributed by atoms with Crippen molar-refractivity contribution < 1.29 is 4.79 Å². The fourth-order valence-corrected chi connectivity index (χ4v) is 3.97. The molecule has 2 fully saturated rings. The van der Waals surface area contributed by atoms with Crippen LogP contribution in [-0.4, -0.2) is 39.1 Å². The second-order valence-electron chi connectivity index (χ2n) is 6.38. The molecule has 0 bridgehead atoms. The summed E-state index contributed by atoms with van der Waals surface area (Å²) in [7, 11) is 1.92. The van der Waals surface area contributed by atoms with Gasteiger partial charge in [0.05, 0.1) is 11.7 Å². The molecule has 1 saturated heterocycles. The minimum atomic E-state index is -0.112. The number of carbonyl (C=O) groups excluding carboxylic acids is 1. The summed E-state index contributed by atoms with van der Waals surface area (Å²) < 4.78 is 1.81. The molecule has 0 amide bonds. The second kappa shape index (κ2) is 5.68. The average Bonchev–Trinajstić information content (AvgIpc) is 3.17. The fraction of sp³-hybridized carbons (Fsp3) is 0.750. The molecule has 110 valence electrons. The maximum Gasteiger partial charge on any atom is 0.153 e. The van der Waals surface area contributed by atoms with Crippen molar-refractivity contribution in [3.63, 3.8) is 0 Å². The molecular weight excluding hydrogens is 250 g/mol. The monoisotopic (exact) mass is 275 g/mol. The van der Waals surface area contributed by atoms with Gasteiger partial charge in [0, 0.05) is 19.7 Å². The molecule has 0 aromatic carbocycles. The third kappa shape index (κ3) is 2.53. The summed E-state index contributed by atoms with van der Waals surface area (Å²) in [6.07, 6.45) is 12.5. The number of hydrogen-bond acceptors (Lipinski definition) is 3. The zero-order valence-corrected chi connectivity index (χ0v) is 12.5. The van der Waals surface area contributed by atoms with Crippen molar-refractivity contribution in [3.8, 4) is 0 Å². The van der Waals surface area contributed by atoms with Gasteiger partial charge in [-0.05, 0) is 50.8 Å². The number of rotatable bonds is 5. The lowest BCUT2D eigenvalue weighted by molar-refractivity contribution is -0.130. The Kier molecular flexibility index (Phi) is 3.92. The zero-order chi connectivity index (χ0) is 14.0. The van der Waals surface area contributed by atoms with Crippen LogP contribution in [0.5, 0.6) is 0 Å². The topological polar surface area (TPSA) is 38.1 Å². The van der Waals surface area contributed by atoms with Crippen molar-refractivity contribution in [2.45, 2.75) is 56.9 Å². The molecule has 20 heavy (non-hydrogen) atoms. The summed E-state index contributed by atoms with van der Waals surface area (Å²) in [4.78, 5) is 15.4. The number of carbonyl (C=O) groups is 1. The van der Waals surface area contributed by atoms with Gasteiger partial charge in [0.2, 0.25) is 0 Å². The van der Waals surface area contributed by atoms with Crippen molar-refractivity contribution >= 4 is 5.78 Å². The Morgan fingerprint density at radius 2 is 1.95 bits per heavy atom. The van der Waals surface area contributed by atoms with Gasteiger partial charge in [-0.3, -0.25) is 14.4 Å². The molecule has 0 radical (unpaired) electrons. The van der Waals surface area contributed by atoms with Gasteiger partial charge in [-0.2, -0.15) is 5.10 Å². The molecule has 0 N–H and O–H groups in total. The van der Waals surface area contributed by atoms with Crippen LogP contribution in [0.1, 0.15) is 50.5 Å². The standard InChI is InChI=1S/C16H25N3O/c1-18-13-14(12-17-18)6-7-15(20)16(8-2-3-9-16)19-10-4-5-11-19/h12-13H,2-11H2,1H3. The van der Waals surface area contributed by atoms with Gasteiger partial charge in [0.25, 0.3) is 0 Å². The maximum atomic E-state index is 12.9. The number of ketones is 1. The normalized spacial score (nSPS) is 22.4. The van der Waals surface area contributed by atoms with Crippen LogP contribution >= 0.6 is 0 Å². The van der Waals surface area contributed by atoms with E-state index in [-0.39, 0.29) is 5.54 Å². The first-order valence-corrected chi connectivity index (χ1v) is 7.97. The molecule has 3 rings (SSSR count). The maximum absolute atomic E-state index is 12.9. The Bertz CT molecular complexity index is 468. The second-order valence-corrected chi connectivity index (χ2v) is 6.38. The first-order valence-electron chi connectivity index (χ1n) is 7.97. The lowest BCUT2D eigenvalue weighted by atomic mass is 9.87. The Hall–Kier alpha value is -1.16. The van der Waals surface area contributed by atoms with Gasteiger partial charge in [-0.15, -0.1) is 0 Å². The predicted molar refractivity (Wildman–Crippen MR) is 78.5 cm³/mol.